The first kappa shape index (κ1) is 28.0. The second kappa shape index (κ2) is 14.9. The lowest BCUT2D eigenvalue weighted by molar-refractivity contribution is -0.139. The van der Waals surface area contributed by atoms with Crippen LogP contribution in [-0.4, -0.2) is 63.4 Å². The Kier molecular flexibility index (Phi) is 12.7. The van der Waals surface area contributed by atoms with Crippen LogP contribution >= 0.6 is 0 Å². The summed E-state index contributed by atoms with van der Waals surface area (Å²) < 4.78 is 9.86. The quantitative estimate of drug-likeness (QED) is 0.197. The molecular weight excluding hydrogens is 428 g/mol. The molecule has 4 amide bonds. The number of carbonyl (C=O) groups excluding carboxylic acids is 4. The molecule has 2 atom stereocenters. The second-order valence-corrected chi connectivity index (χ2v) is 8.42. The molecule has 33 heavy (non-hydrogen) atoms. The number of nitrogens with one attached hydrogen (secondary N) is 4. The van der Waals surface area contributed by atoms with E-state index in [2.05, 4.69) is 41.3 Å². The van der Waals surface area contributed by atoms with Crippen molar-refractivity contribution in [3.8, 4) is 0 Å². The molecule has 4 N–H and O–H groups in total. The second-order valence-electron chi connectivity index (χ2n) is 8.42. The van der Waals surface area contributed by atoms with Crippen molar-refractivity contribution in [2.75, 3.05) is 39.4 Å². The van der Waals surface area contributed by atoms with Crippen LogP contribution in [0.15, 0.2) is 24.3 Å². The van der Waals surface area contributed by atoms with E-state index in [0.29, 0.717) is 42.0 Å². The average Bonchev–Trinajstić information content (AvgIpc) is 2.77. The smallest absolute Gasteiger partial charge is 0.333 e. The molecule has 0 saturated heterocycles. The van der Waals surface area contributed by atoms with E-state index >= 15 is 0 Å². The molecule has 0 aliphatic heterocycles. The summed E-state index contributed by atoms with van der Waals surface area (Å²) in [6.45, 7) is 13.9. The van der Waals surface area contributed by atoms with Gasteiger partial charge in [0.2, 0.25) is 0 Å². The predicted octanol–water partition coefficient (Wildman–Crippen LogP) is 1.88. The highest BCUT2D eigenvalue weighted by Gasteiger charge is 2.30. The molecule has 1 aliphatic carbocycles. The summed E-state index contributed by atoms with van der Waals surface area (Å²) in [4.78, 5) is 46.6. The van der Waals surface area contributed by atoms with Crippen molar-refractivity contribution in [2.24, 2.45) is 17.8 Å². The van der Waals surface area contributed by atoms with Gasteiger partial charge in [0.25, 0.3) is 0 Å². The lowest BCUT2D eigenvalue weighted by atomic mass is 9.73. The molecule has 0 heterocycles. The van der Waals surface area contributed by atoms with E-state index < -0.39 is 11.9 Å². The number of rotatable bonds is 12. The zero-order valence-electron chi connectivity index (χ0n) is 20.0. The van der Waals surface area contributed by atoms with Crippen LogP contribution < -0.4 is 21.3 Å². The highest BCUT2D eigenvalue weighted by Crippen LogP contribution is 2.33. The van der Waals surface area contributed by atoms with E-state index in [-0.39, 0.29) is 38.4 Å². The number of carbonyl (C=O) groups is 4. The summed E-state index contributed by atoms with van der Waals surface area (Å²) in [6, 6.07) is -0.610. The molecule has 186 valence electrons. The fourth-order valence-corrected chi connectivity index (χ4v) is 3.56. The van der Waals surface area contributed by atoms with Gasteiger partial charge in [-0.05, 0) is 44.4 Å². The van der Waals surface area contributed by atoms with Crippen LogP contribution in [0.5, 0.6) is 0 Å². The number of hydrogen-bond donors (Lipinski definition) is 4. The fraction of sp³-hybridized carbons (Fsp3) is 0.652. The highest BCUT2D eigenvalue weighted by atomic mass is 16.5. The van der Waals surface area contributed by atoms with Crippen molar-refractivity contribution >= 4 is 24.0 Å². The highest BCUT2D eigenvalue weighted by molar-refractivity contribution is 5.87. The van der Waals surface area contributed by atoms with Gasteiger partial charge >= 0.3 is 24.0 Å². The Bertz CT molecular complexity index is 666. The Balaban J connectivity index is 2.24. The standard InChI is InChI=1S/C23H38N4O6/c1-15(2)20(28)32-11-9-24-22(30)26-13-18-7-6-8-19(17(18)5)14-27-23(31)25-10-12-33-21(29)16(3)4/h17-19H,1,3,6-14H2,2,4-5H3,(H2,24,26,30)(H2,25,27,31). The first-order valence-electron chi connectivity index (χ1n) is 11.3. The van der Waals surface area contributed by atoms with Crippen LogP contribution in [0.4, 0.5) is 9.59 Å². The lowest BCUT2D eigenvalue weighted by Crippen LogP contribution is -2.45. The van der Waals surface area contributed by atoms with Crippen LogP contribution in [0.3, 0.4) is 0 Å². The van der Waals surface area contributed by atoms with Crippen molar-refractivity contribution in [2.45, 2.75) is 40.0 Å². The van der Waals surface area contributed by atoms with E-state index in [9.17, 15) is 19.2 Å². The molecule has 1 rings (SSSR count). The maximum absolute atomic E-state index is 12.0. The van der Waals surface area contributed by atoms with Crippen LogP contribution in [0.2, 0.25) is 0 Å². The van der Waals surface area contributed by atoms with Gasteiger partial charge in [0, 0.05) is 24.2 Å². The molecule has 0 radical (unpaired) electrons. The minimum Gasteiger partial charge on any atom is -0.460 e. The summed E-state index contributed by atoms with van der Waals surface area (Å²) in [5.74, 6) is -0.0164. The number of amides is 4. The number of urea groups is 2. The van der Waals surface area contributed by atoms with E-state index in [1.807, 2.05) is 0 Å². The average molecular weight is 467 g/mol. The van der Waals surface area contributed by atoms with Crippen LogP contribution in [-0.2, 0) is 19.1 Å². The molecular formula is C23H38N4O6. The van der Waals surface area contributed by atoms with E-state index in [1.54, 1.807) is 13.8 Å². The van der Waals surface area contributed by atoms with Gasteiger partial charge in [-0.15, -0.1) is 0 Å². The van der Waals surface area contributed by atoms with Gasteiger partial charge in [-0.3, -0.25) is 0 Å². The van der Waals surface area contributed by atoms with Gasteiger partial charge in [-0.2, -0.15) is 0 Å². The summed E-state index contributed by atoms with van der Waals surface area (Å²) in [5.41, 5.74) is 0.632. The fourth-order valence-electron chi connectivity index (χ4n) is 3.56. The maximum Gasteiger partial charge on any atom is 0.333 e. The van der Waals surface area contributed by atoms with Crippen LogP contribution in [0.1, 0.15) is 40.0 Å². The molecule has 2 unspecified atom stereocenters. The van der Waals surface area contributed by atoms with Crippen molar-refractivity contribution in [1.82, 2.24) is 21.3 Å². The van der Waals surface area contributed by atoms with Crippen molar-refractivity contribution < 1.29 is 28.7 Å². The van der Waals surface area contributed by atoms with E-state index in [4.69, 9.17) is 9.47 Å². The maximum atomic E-state index is 12.0. The van der Waals surface area contributed by atoms with Gasteiger partial charge in [-0.25, -0.2) is 19.2 Å². The van der Waals surface area contributed by atoms with Gasteiger partial charge in [0.05, 0.1) is 13.1 Å². The lowest BCUT2D eigenvalue weighted by Gasteiger charge is -2.36. The Morgan fingerprint density at radius 2 is 1.15 bits per heavy atom. The van der Waals surface area contributed by atoms with Crippen molar-refractivity contribution in [3.05, 3.63) is 24.3 Å². The molecule has 10 nitrogen and oxygen atoms in total. The summed E-state index contributed by atoms with van der Waals surface area (Å²) in [7, 11) is 0. The minimum absolute atomic E-state index is 0.0884. The van der Waals surface area contributed by atoms with Gasteiger partial charge in [0.15, 0.2) is 0 Å². The molecule has 0 aromatic heterocycles. The van der Waals surface area contributed by atoms with E-state index in [1.165, 1.54) is 0 Å². The first-order valence-corrected chi connectivity index (χ1v) is 11.3. The van der Waals surface area contributed by atoms with Crippen molar-refractivity contribution in [3.63, 3.8) is 0 Å². The molecule has 1 saturated carbocycles. The van der Waals surface area contributed by atoms with Gasteiger partial charge in [0.1, 0.15) is 13.2 Å². The zero-order valence-corrected chi connectivity index (χ0v) is 20.0. The predicted molar refractivity (Wildman–Crippen MR) is 124 cm³/mol. The monoisotopic (exact) mass is 466 g/mol. The normalized spacial score (nSPS) is 19.5. The minimum atomic E-state index is -0.479. The molecule has 1 aliphatic rings. The third kappa shape index (κ3) is 11.4. The summed E-state index contributed by atoms with van der Waals surface area (Å²) in [5, 5.41) is 11.1. The van der Waals surface area contributed by atoms with Crippen LogP contribution in [0.25, 0.3) is 0 Å². The Morgan fingerprint density at radius 3 is 1.52 bits per heavy atom. The van der Waals surface area contributed by atoms with Crippen molar-refractivity contribution in [1.29, 1.82) is 0 Å². The van der Waals surface area contributed by atoms with E-state index in [0.717, 1.165) is 19.3 Å². The van der Waals surface area contributed by atoms with Gasteiger partial charge < -0.3 is 30.7 Å². The molecule has 10 heteroatoms. The molecule has 0 bridgehead atoms. The largest absolute Gasteiger partial charge is 0.460 e. The number of hydrogen-bond acceptors (Lipinski definition) is 6. The zero-order chi connectivity index (χ0) is 24.8. The Labute approximate surface area is 195 Å². The molecule has 0 spiro atoms. The Morgan fingerprint density at radius 1 is 0.758 bits per heavy atom. The summed E-state index contributed by atoms with van der Waals surface area (Å²) in [6.07, 6.45) is 3.04. The molecule has 1 fully saturated rings. The van der Waals surface area contributed by atoms with Crippen LogP contribution in [0, 0.1) is 17.8 Å². The Hall–Kier alpha value is -3.04. The number of ether oxygens (including phenoxy) is 2. The first-order chi connectivity index (χ1) is 15.6. The molecule has 0 aromatic rings. The third-order valence-corrected chi connectivity index (χ3v) is 5.63. The number of esters is 2. The topological polar surface area (TPSA) is 135 Å². The van der Waals surface area contributed by atoms with Gasteiger partial charge in [-0.1, -0.05) is 26.5 Å². The summed E-state index contributed by atoms with van der Waals surface area (Å²) >= 11 is 0. The SMILES string of the molecule is C=C(C)C(=O)OCCNC(=O)NCC1CCCC(CNC(=O)NCCOC(=O)C(=C)C)C1C. The molecule has 0 aromatic carbocycles. The third-order valence-electron chi connectivity index (χ3n) is 5.63.